The van der Waals surface area contributed by atoms with E-state index < -0.39 is 0 Å². The van der Waals surface area contributed by atoms with Crippen molar-refractivity contribution in [3.63, 3.8) is 0 Å². The molecule has 1 heterocycles. The maximum atomic E-state index is 11.9. The molecule has 1 amide bonds. The second-order valence-electron chi connectivity index (χ2n) is 6.81. The third kappa shape index (κ3) is 1.94. The minimum Gasteiger partial charge on any atom is -0.393 e. The fourth-order valence-electron chi connectivity index (χ4n) is 4.72. The van der Waals surface area contributed by atoms with Crippen LogP contribution in [0.25, 0.3) is 0 Å². The van der Waals surface area contributed by atoms with Crippen LogP contribution in [0.5, 0.6) is 0 Å². The topological polar surface area (TPSA) is 40.5 Å². The molecule has 3 heteroatoms. The van der Waals surface area contributed by atoms with Crippen LogP contribution in [0, 0.1) is 17.3 Å². The molecule has 1 N–H and O–H groups in total. The normalized spacial score (nSPS) is 42.2. The van der Waals surface area contributed by atoms with E-state index >= 15 is 0 Å². The molecule has 1 saturated heterocycles. The molecular weight excluding hydrogens is 238 g/mol. The summed E-state index contributed by atoms with van der Waals surface area (Å²) in [5, 5.41) is 10.4. The third-order valence-corrected chi connectivity index (χ3v) is 5.80. The van der Waals surface area contributed by atoms with Crippen LogP contribution in [-0.2, 0) is 4.79 Å². The van der Waals surface area contributed by atoms with Gasteiger partial charge in [0.05, 0.1) is 6.10 Å². The Morgan fingerprint density at radius 2 is 2.21 bits per heavy atom. The first-order chi connectivity index (χ1) is 9.04. The minimum absolute atomic E-state index is 0.137. The number of hydrogen-bond donors (Lipinski definition) is 1. The molecule has 0 spiro atoms. The fraction of sp³-hybridized carbons (Fsp3) is 0.812. The molecule has 0 bridgehead atoms. The lowest BCUT2D eigenvalue weighted by Crippen LogP contribution is -2.57. The van der Waals surface area contributed by atoms with E-state index in [9.17, 15) is 9.90 Å². The van der Waals surface area contributed by atoms with Gasteiger partial charge in [-0.1, -0.05) is 19.4 Å². The van der Waals surface area contributed by atoms with E-state index in [0.29, 0.717) is 5.92 Å². The number of likely N-dealkylation sites (tertiary alicyclic amines) is 1. The van der Waals surface area contributed by atoms with Crippen LogP contribution in [-0.4, -0.2) is 28.6 Å². The number of carbonyl (C=O) groups excluding carboxylic acids is 1. The van der Waals surface area contributed by atoms with Crippen molar-refractivity contribution in [1.29, 1.82) is 0 Å². The van der Waals surface area contributed by atoms with E-state index in [1.54, 1.807) is 6.92 Å². The third-order valence-electron chi connectivity index (χ3n) is 5.80. The predicted molar refractivity (Wildman–Crippen MR) is 74.3 cm³/mol. The number of aliphatic hydroxyl groups is 1. The van der Waals surface area contributed by atoms with Gasteiger partial charge in [0.2, 0.25) is 5.91 Å². The van der Waals surface area contributed by atoms with E-state index in [1.165, 1.54) is 25.0 Å². The maximum absolute atomic E-state index is 11.9. The van der Waals surface area contributed by atoms with E-state index in [2.05, 4.69) is 13.0 Å². The van der Waals surface area contributed by atoms with Crippen molar-refractivity contribution in [1.82, 2.24) is 4.90 Å². The summed E-state index contributed by atoms with van der Waals surface area (Å²) in [4.78, 5) is 13.9. The zero-order valence-electron chi connectivity index (χ0n) is 12.1. The number of aliphatic hydroxyl groups excluding tert-OH is 1. The highest BCUT2D eigenvalue weighted by Crippen LogP contribution is 2.55. The number of rotatable bonds is 0. The number of nitrogens with zero attached hydrogens (tertiary/aromatic N) is 1. The first kappa shape index (κ1) is 13.2. The van der Waals surface area contributed by atoms with E-state index in [0.717, 1.165) is 25.8 Å². The van der Waals surface area contributed by atoms with Crippen molar-refractivity contribution in [3.05, 3.63) is 11.8 Å². The Kier molecular flexibility index (Phi) is 3.20. The molecule has 0 aromatic carbocycles. The monoisotopic (exact) mass is 263 g/mol. The number of piperidine rings is 1. The highest BCUT2D eigenvalue weighted by atomic mass is 16.3. The fourth-order valence-corrected chi connectivity index (χ4v) is 4.72. The lowest BCUT2D eigenvalue weighted by molar-refractivity contribution is -0.138. The second kappa shape index (κ2) is 4.62. The zero-order valence-corrected chi connectivity index (χ0v) is 12.1. The summed E-state index contributed by atoms with van der Waals surface area (Å²) in [6, 6.07) is 0. The van der Waals surface area contributed by atoms with Crippen LogP contribution < -0.4 is 0 Å². The molecule has 0 aromatic heterocycles. The molecule has 0 unspecified atom stereocenters. The smallest absolute Gasteiger partial charge is 0.223 e. The minimum atomic E-state index is -0.232. The van der Waals surface area contributed by atoms with Crippen molar-refractivity contribution < 1.29 is 9.90 Å². The van der Waals surface area contributed by atoms with Gasteiger partial charge in [-0.2, -0.15) is 0 Å². The van der Waals surface area contributed by atoms with Crippen LogP contribution in [0.3, 0.4) is 0 Å². The van der Waals surface area contributed by atoms with Gasteiger partial charge in [-0.05, 0) is 37.5 Å². The molecule has 3 nitrogen and oxygen atoms in total. The van der Waals surface area contributed by atoms with Gasteiger partial charge in [0.1, 0.15) is 0 Å². The van der Waals surface area contributed by atoms with Crippen molar-refractivity contribution in [2.75, 3.05) is 6.54 Å². The quantitative estimate of drug-likeness (QED) is 0.730. The molecule has 3 rings (SSSR count). The Morgan fingerprint density at radius 1 is 1.42 bits per heavy atom. The summed E-state index contributed by atoms with van der Waals surface area (Å²) in [5.74, 6) is 0.863. The van der Waals surface area contributed by atoms with E-state index in [1.807, 2.05) is 4.90 Å². The van der Waals surface area contributed by atoms with Crippen molar-refractivity contribution in [2.24, 2.45) is 17.3 Å². The van der Waals surface area contributed by atoms with E-state index in [4.69, 9.17) is 0 Å². The maximum Gasteiger partial charge on any atom is 0.223 e. The molecule has 1 aliphatic heterocycles. The van der Waals surface area contributed by atoms with Gasteiger partial charge in [-0.25, -0.2) is 0 Å². The van der Waals surface area contributed by atoms with Crippen LogP contribution in [0.4, 0.5) is 0 Å². The predicted octanol–water partition coefficient (Wildman–Crippen LogP) is 2.70. The second-order valence-corrected chi connectivity index (χ2v) is 6.81. The summed E-state index contributed by atoms with van der Waals surface area (Å²) in [6.45, 7) is 4.72. The Morgan fingerprint density at radius 3 is 2.95 bits per heavy atom. The molecule has 3 aliphatic rings. The average Bonchev–Trinajstić information content (AvgIpc) is 2.38. The number of hydrogen-bond acceptors (Lipinski definition) is 2. The first-order valence-electron chi connectivity index (χ1n) is 7.70. The van der Waals surface area contributed by atoms with Gasteiger partial charge >= 0.3 is 0 Å². The highest BCUT2D eigenvalue weighted by Gasteiger charge is 2.53. The highest BCUT2D eigenvalue weighted by molar-refractivity contribution is 5.75. The van der Waals surface area contributed by atoms with Gasteiger partial charge in [0.25, 0.3) is 0 Å². The number of carbonyl (C=O) groups is 1. The standard InChI is InChI=1S/C16H25NO2/c1-11(18)17-10-13-15(19)8-5-9-16(13,2)12-6-3-4-7-14(12)17/h7,12-13,15,19H,3-6,8-10H2,1-2H3/t12-,13+,15+,16-/m1/s1. The van der Waals surface area contributed by atoms with E-state index in [-0.39, 0.29) is 23.3 Å². The van der Waals surface area contributed by atoms with Crippen LogP contribution in [0.2, 0.25) is 0 Å². The Hall–Kier alpha value is -0.830. The Bertz CT molecular complexity index is 417. The van der Waals surface area contributed by atoms with Crippen molar-refractivity contribution in [3.8, 4) is 0 Å². The molecule has 0 radical (unpaired) electrons. The number of amides is 1. The van der Waals surface area contributed by atoms with Gasteiger partial charge in [0, 0.05) is 31.0 Å². The largest absolute Gasteiger partial charge is 0.393 e. The lowest BCUT2D eigenvalue weighted by atomic mass is 9.55. The van der Waals surface area contributed by atoms with Gasteiger partial charge in [-0.15, -0.1) is 0 Å². The zero-order chi connectivity index (χ0) is 13.6. The molecule has 19 heavy (non-hydrogen) atoms. The summed E-state index contributed by atoms with van der Waals surface area (Å²) in [7, 11) is 0. The summed E-state index contributed by atoms with van der Waals surface area (Å²) in [6.07, 6.45) is 8.76. The van der Waals surface area contributed by atoms with Crippen LogP contribution >= 0.6 is 0 Å². The van der Waals surface area contributed by atoms with Gasteiger partial charge in [-0.3, -0.25) is 4.79 Å². The Labute approximate surface area is 115 Å². The van der Waals surface area contributed by atoms with Crippen molar-refractivity contribution >= 4 is 5.91 Å². The molecule has 0 aromatic rings. The van der Waals surface area contributed by atoms with Crippen molar-refractivity contribution in [2.45, 2.75) is 58.5 Å². The van der Waals surface area contributed by atoms with Gasteiger partial charge < -0.3 is 10.0 Å². The number of allylic oxidation sites excluding steroid dienone is 2. The number of fused-ring (bicyclic) bond motifs is 3. The molecule has 1 saturated carbocycles. The first-order valence-corrected chi connectivity index (χ1v) is 7.70. The lowest BCUT2D eigenvalue weighted by Gasteiger charge is -2.57. The van der Waals surface area contributed by atoms with Gasteiger partial charge in [0.15, 0.2) is 0 Å². The van der Waals surface area contributed by atoms with Crippen LogP contribution in [0.15, 0.2) is 11.8 Å². The molecule has 4 atom stereocenters. The SMILES string of the molecule is CC(=O)N1C[C@H]2[C@@H](O)CCC[C@]2(C)[C@@H]2CCCC=C21. The Balaban J connectivity index is 2.01. The summed E-state index contributed by atoms with van der Waals surface area (Å²) < 4.78 is 0. The molecule has 2 aliphatic carbocycles. The molecular formula is C16H25NO2. The van der Waals surface area contributed by atoms with Crippen LogP contribution in [0.1, 0.15) is 52.4 Å². The molecule has 2 fully saturated rings. The summed E-state index contributed by atoms with van der Waals surface area (Å²) in [5.41, 5.74) is 1.45. The average molecular weight is 263 g/mol. The summed E-state index contributed by atoms with van der Waals surface area (Å²) >= 11 is 0. The molecule has 106 valence electrons.